The van der Waals surface area contributed by atoms with Gasteiger partial charge in [-0.3, -0.25) is 9.48 Å². The minimum Gasteiger partial charge on any atom is -0.388 e. The van der Waals surface area contributed by atoms with E-state index in [0.29, 0.717) is 5.56 Å². The highest BCUT2D eigenvalue weighted by Gasteiger charge is 2.26. The summed E-state index contributed by atoms with van der Waals surface area (Å²) in [5.74, 6) is -0.113. The Labute approximate surface area is 115 Å². The predicted molar refractivity (Wildman–Crippen MR) is 75.1 cm³/mol. The minimum absolute atomic E-state index is 0.0762. The van der Waals surface area contributed by atoms with Crippen molar-refractivity contribution in [2.24, 2.45) is 5.92 Å². The van der Waals surface area contributed by atoms with Crippen LogP contribution in [0.25, 0.3) is 0 Å². The highest BCUT2D eigenvalue weighted by atomic mass is 16.3. The summed E-state index contributed by atoms with van der Waals surface area (Å²) < 4.78 is 1.81. The first-order valence-corrected chi connectivity index (χ1v) is 6.71. The van der Waals surface area contributed by atoms with E-state index in [1.54, 1.807) is 13.1 Å². The summed E-state index contributed by atoms with van der Waals surface area (Å²) >= 11 is 0. The summed E-state index contributed by atoms with van der Waals surface area (Å²) in [5.41, 5.74) is 0.502. The highest BCUT2D eigenvalue weighted by molar-refractivity contribution is 5.95. The lowest BCUT2D eigenvalue weighted by Crippen LogP contribution is -2.44. The van der Waals surface area contributed by atoms with Gasteiger partial charge in [0.25, 0.3) is 5.91 Å². The van der Waals surface area contributed by atoms with Crippen molar-refractivity contribution in [3.8, 4) is 0 Å². The highest BCUT2D eigenvalue weighted by Crippen LogP contribution is 2.16. The summed E-state index contributed by atoms with van der Waals surface area (Å²) in [6, 6.07) is 0.223. The normalized spacial score (nSPS) is 14.8. The van der Waals surface area contributed by atoms with E-state index in [1.807, 2.05) is 39.3 Å². The van der Waals surface area contributed by atoms with Crippen molar-refractivity contribution >= 4 is 5.91 Å². The zero-order valence-corrected chi connectivity index (χ0v) is 12.7. The Hall–Kier alpha value is -1.36. The average Bonchev–Trinajstić information content (AvgIpc) is 2.68. The molecule has 0 radical (unpaired) electrons. The number of aliphatic hydroxyl groups is 1. The molecule has 5 nitrogen and oxygen atoms in total. The summed E-state index contributed by atoms with van der Waals surface area (Å²) in [5, 5.41) is 17.1. The van der Waals surface area contributed by atoms with Gasteiger partial charge >= 0.3 is 0 Å². The van der Waals surface area contributed by atoms with Crippen LogP contribution in [0.4, 0.5) is 0 Å². The van der Waals surface area contributed by atoms with Crippen LogP contribution in [-0.2, 0) is 0 Å². The smallest absolute Gasteiger partial charge is 0.254 e. The number of amides is 1. The number of carbonyl (C=O) groups excluding carboxylic acids is 1. The van der Waals surface area contributed by atoms with Crippen LogP contribution in [0.15, 0.2) is 6.20 Å². The second-order valence-corrected chi connectivity index (χ2v) is 5.88. The zero-order valence-electron chi connectivity index (χ0n) is 12.7. The maximum absolute atomic E-state index is 12.1. The molecule has 5 heteroatoms. The maximum Gasteiger partial charge on any atom is 0.254 e. The summed E-state index contributed by atoms with van der Waals surface area (Å²) in [7, 11) is 0. The van der Waals surface area contributed by atoms with Crippen molar-refractivity contribution in [3.63, 3.8) is 0 Å². The lowest BCUT2D eigenvalue weighted by molar-refractivity contribution is 0.0142. The molecule has 0 fully saturated rings. The molecule has 1 atom stereocenters. The number of nitrogens with one attached hydrogen (secondary N) is 1. The van der Waals surface area contributed by atoms with Crippen LogP contribution in [0.2, 0.25) is 0 Å². The topological polar surface area (TPSA) is 67.2 Å². The van der Waals surface area contributed by atoms with Crippen molar-refractivity contribution in [3.05, 3.63) is 17.5 Å². The van der Waals surface area contributed by atoms with Crippen molar-refractivity contribution in [2.45, 2.75) is 53.2 Å². The summed E-state index contributed by atoms with van der Waals surface area (Å²) in [6.07, 6.45) is 1.58. The third-order valence-corrected chi connectivity index (χ3v) is 3.63. The molecule has 1 rings (SSSR count). The largest absolute Gasteiger partial charge is 0.388 e. The van der Waals surface area contributed by atoms with E-state index in [0.717, 1.165) is 5.69 Å². The van der Waals surface area contributed by atoms with Crippen LogP contribution < -0.4 is 5.32 Å². The number of hydrogen-bond acceptors (Lipinski definition) is 3. The number of nitrogens with zero attached hydrogens (tertiary/aromatic N) is 2. The molecule has 0 saturated carbocycles. The molecule has 0 aliphatic rings. The van der Waals surface area contributed by atoms with E-state index in [1.165, 1.54) is 0 Å². The molecule has 19 heavy (non-hydrogen) atoms. The van der Waals surface area contributed by atoms with Crippen LogP contribution in [0, 0.1) is 12.8 Å². The van der Waals surface area contributed by atoms with E-state index < -0.39 is 5.60 Å². The Balaban J connectivity index is 2.75. The lowest BCUT2D eigenvalue weighted by atomic mass is 9.92. The molecule has 1 aromatic heterocycles. The maximum atomic E-state index is 12.1. The number of carbonyl (C=O) groups is 1. The first kappa shape index (κ1) is 15.7. The second-order valence-electron chi connectivity index (χ2n) is 5.88. The quantitative estimate of drug-likeness (QED) is 0.856. The van der Waals surface area contributed by atoms with Gasteiger partial charge in [0.1, 0.15) is 0 Å². The van der Waals surface area contributed by atoms with Crippen molar-refractivity contribution in [1.82, 2.24) is 15.1 Å². The third kappa shape index (κ3) is 3.56. The Morgan fingerprint density at radius 3 is 2.47 bits per heavy atom. The van der Waals surface area contributed by atoms with Crippen LogP contribution in [0.3, 0.4) is 0 Å². The standard InChI is InChI=1S/C14H25N3O2/c1-9(2)14(6,19)8-15-13(18)12-7-16-17(10(3)4)11(12)5/h7,9-10,19H,8H2,1-6H3,(H,15,18). The van der Waals surface area contributed by atoms with E-state index in [-0.39, 0.29) is 24.4 Å². The van der Waals surface area contributed by atoms with Crippen LogP contribution >= 0.6 is 0 Å². The van der Waals surface area contributed by atoms with Crippen LogP contribution in [0.1, 0.15) is 56.7 Å². The Morgan fingerprint density at radius 1 is 1.47 bits per heavy atom. The number of hydrogen-bond donors (Lipinski definition) is 2. The number of aromatic nitrogens is 2. The van der Waals surface area contributed by atoms with Gasteiger partial charge in [-0.15, -0.1) is 0 Å². The van der Waals surface area contributed by atoms with Crippen LogP contribution in [-0.4, -0.2) is 32.9 Å². The van der Waals surface area contributed by atoms with Gasteiger partial charge in [-0.25, -0.2) is 0 Å². The Kier molecular flexibility index (Phi) is 4.74. The second kappa shape index (κ2) is 5.74. The minimum atomic E-state index is -0.905. The van der Waals surface area contributed by atoms with Crippen molar-refractivity contribution in [1.29, 1.82) is 0 Å². The summed E-state index contributed by atoms with van der Waals surface area (Å²) in [6.45, 7) is 11.7. The van der Waals surface area contributed by atoms with E-state index in [4.69, 9.17) is 0 Å². The van der Waals surface area contributed by atoms with Crippen molar-refractivity contribution in [2.75, 3.05) is 6.54 Å². The first-order valence-electron chi connectivity index (χ1n) is 6.71. The molecule has 1 unspecified atom stereocenters. The van der Waals surface area contributed by atoms with Gasteiger partial charge in [-0.2, -0.15) is 5.10 Å². The van der Waals surface area contributed by atoms with Gasteiger partial charge in [-0.1, -0.05) is 13.8 Å². The van der Waals surface area contributed by atoms with Gasteiger partial charge in [0.2, 0.25) is 0 Å². The summed E-state index contributed by atoms with van der Waals surface area (Å²) in [4.78, 5) is 12.1. The molecule has 1 aromatic rings. The fraction of sp³-hybridized carbons (Fsp3) is 0.714. The monoisotopic (exact) mass is 267 g/mol. The molecule has 0 aliphatic heterocycles. The Morgan fingerprint density at radius 2 is 2.05 bits per heavy atom. The predicted octanol–water partition coefficient (Wildman–Crippen LogP) is 1.91. The Bertz CT molecular complexity index is 448. The molecule has 0 saturated heterocycles. The fourth-order valence-electron chi connectivity index (χ4n) is 1.73. The molecule has 2 N–H and O–H groups in total. The molecule has 1 heterocycles. The van der Waals surface area contributed by atoms with Crippen LogP contribution in [0.5, 0.6) is 0 Å². The van der Waals surface area contributed by atoms with Crippen molar-refractivity contribution < 1.29 is 9.90 Å². The van der Waals surface area contributed by atoms with Gasteiger partial charge in [0.05, 0.1) is 17.4 Å². The van der Waals surface area contributed by atoms with E-state index in [2.05, 4.69) is 10.4 Å². The van der Waals surface area contributed by atoms with Gasteiger partial charge in [0.15, 0.2) is 0 Å². The zero-order chi connectivity index (χ0) is 14.8. The molecular weight excluding hydrogens is 242 g/mol. The van der Waals surface area contributed by atoms with Gasteiger partial charge in [-0.05, 0) is 33.6 Å². The lowest BCUT2D eigenvalue weighted by Gasteiger charge is -2.27. The van der Waals surface area contributed by atoms with E-state index in [9.17, 15) is 9.90 Å². The molecule has 0 bridgehead atoms. The molecule has 1 amide bonds. The number of rotatable bonds is 5. The van der Waals surface area contributed by atoms with Gasteiger partial charge in [0, 0.05) is 18.3 Å². The first-order chi connectivity index (χ1) is 8.66. The molecule has 108 valence electrons. The van der Waals surface area contributed by atoms with Gasteiger partial charge < -0.3 is 10.4 Å². The molecule has 0 aliphatic carbocycles. The molecular formula is C14H25N3O2. The fourth-order valence-corrected chi connectivity index (χ4v) is 1.73. The molecule has 0 spiro atoms. The SMILES string of the molecule is Cc1c(C(=O)NCC(C)(O)C(C)C)cnn1C(C)C. The average molecular weight is 267 g/mol. The molecule has 0 aromatic carbocycles. The van der Waals surface area contributed by atoms with E-state index >= 15 is 0 Å². The third-order valence-electron chi connectivity index (χ3n) is 3.63.